The lowest BCUT2D eigenvalue weighted by Gasteiger charge is -2.53. The average Bonchev–Trinajstić information content (AvgIpc) is 2.60. The Morgan fingerprint density at radius 2 is 1.07 bits per heavy atom. The highest BCUT2D eigenvalue weighted by atomic mass is 14.8. The summed E-state index contributed by atoms with van der Waals surface area (Å²) in [5.74, 6) is 0. The molecule has 4 atom stereocenters. The molecule has 0 radical (unpaired) electrons. The van der Waals surface area contributed by atoms with Crippen molar-refractivity contribution in [2.75, 3.05) is 0 Å². The summed E-state index contributed by atoms with van der Waals surface area (Å²) in [6, 6.07) is 0. The molecule has 0 aromatic heterocycles. The lowest BCUT2D eigenvalue weighted by Crippen LogP contribution is -2.46. The maximum atomic E-state index is 2.60. The fourth-order valence-corrected chi connectivity index (χ4v) is 5.81. The quantitative estimate of drug-likeness (QED) is 0.534. The lowest BCUT2D eigenvalue weighted by molar-refractivity contribution is -0.0443. The van der Waals surface area contributed by atoms with Crippen LogP contribution in [-0.4, -0.2) is 0 Å². The second kappa shape index (κ2) is 2.08. The van der Waals surface area contributed by atoms with E-state index in [1.165, 1.54) is 38.5 Å². The molecule has 3 aliphatic rings. The van der Waals surface area contributed by atoms with Crippen molar-refractivity contribution >= 4 is 0 Å². The summed E-state index contributed by atoms with van der Waals surface area (Å²) in [6.07, 6.45) is 8.97. The Morgan fingerprint density at radius 3 is 1.50 bits per heavy atom. The number of hydrogen-bond acceptors (Lipinski definition) is 0. The Bertz CT molecular complexity index is 266. The molecule has 0 spiro atoms. The molecule has 0 amide bonds. The Hall–Kier alpha value is 0. The molecule has 0 aliphatic heterocycles. The van der Waals surface area contributed by atoms with Gasteiger partial charge in [0.25, 0.3) is 0 Å². The van der Waals surface area contributed by atoms with Gasteiger partial charge < -0.3 is 0 Å². The van der Waals surface area contributed by atoms with Crippen molar-refractivity contribution < 1.29 is 0 Å². The topological polar surface area (TPSA) is 0 Å². The second-order valence-corrected chi connectivity index (χ2v) is 7.32. The molecule has 0 aromatic rings. The molecule has 14 heavy (non-hydrogen) atoms. The van der Waals surface area contributed by atoms with Crippen LogP contribution in [0.15, 0.2) is 0 Å². The van der Waals surface area contributed by atoms with Gasteiger partial charge in [-0.1, -0.05) is 34.1 Å². The third kappa shape index (κ3) is 0.630. The standard InChI is InChI=1S/C14H24/c1-11-8-9-12(2,10-11)14(4)7-5-6-13(11,14)3/h5-10H2,1-4H3. The van der Waals surface area contributed by atoms with E-state index in [2.05, 4.69) is 27.7 Å². The first-order valence-corrected chi connectivity index (χ1v) is 6.37. The van der Waals surface area contributed by atoms with Gasteiger partial charge in [-0.3, -0.25) is 0 Å². The summed E-state index contributed by atoms with van der Waals surface area (Å²) in [6.45, 7) is 10.4. The molecule has 0 heterocycles. The molecule has 2 bridgehead atoms. The van der Waals surface area contributed by atoms with Crippen LogP contribution in [0.4, 0.5) is 0 Å². The third-order valence-electron chi connectivity index (χ3n) is 7.24. The van der Waals surface area contributed by atoms with Crippen LogP contribution in [0.3, 0.4) is 0 Å². The fraction of sp³-hybridized carbons (Fsp3) is 1.00. The van der Waals surface area contributed by atoms with Crippen LogP contribution in [0.25, 0.3) is 0 Å². The van der Waals surface area contributed by atoms with Gasteiger partial charge in [-0.05, 0) is 53.8 Å². The molecule has 0 heteroatoms. The Kier molecular flexibility index (Phi) is 1.37. The van der Waals surface area contributed by atoms with Crippen LogP contribution < -0.4 is 0 Å². The van der Waals surface area contributed by atoms with Crippen LogP contribution in [0.5, 0.6) is 0 Å². The van der Waals surface area contributed by atoms with Crippen molar-refractivity contribution in [3.05, 3.63) is 0 Å². The second-order valence-electron chi connectivity index (χ2n) is 7.32. The van der Waals surface area contributed by atoms with Crippen LogP contribution >= 0.6 is 0 Å². The molecule has 3 rings (SSSR count). The van der Waals surface area contributed by atoms with Crippen molar-refractivity contribution in [1.82, 2.24) is 0 Å². The van der Waals surface area contributed by atoms with Crippen molar-refractivity contribution in [3.63, 3.8) is 0 Å². The Morgan fingerprint density at radius 1 is 0.643 bits per heavy atom. The number of hydrogen-bond donors (Lipinski definition) is 0. The monoisotopic (exact) mass is 192 g/mol. The fourth-order valence-electron chi connectivity index (χ4n) is 5.81. The molecule has 0 N–H and O–H groups in total. The summed E-state index contributed by atoms with van der Waals surface area (Å²) < 4.78 is 0. The van der Waals surface area contributed by atoms with E-state index in [4.69, 9.17) is 0 Å². The van der Waals surface area contributed by atoms with Gasteiger partial charge in [0.2, 0.25) is 0 Å². The smallest absolute Gasteiger partial charge is 0.0213 e. The highest BCUT2D eigenvalue weighted by molar-refractivity contribution is 5.23. The first-order valence-electron chi connectivity index (χ1n) is 6.37. The predicted molar refractivity (Wildman–Crippen MR) is 60.1 cm³/mol. The highest BCUT2D eigenvalue weighted by Gasteiger charge is 2.74. The minimum Gasteiger partial charge on any atom is -0.0591 e. The minimum atomic E-state index is 0.660. The van der Waals surface area contributed by atoms with Gasteiger partial charge in [0.1, 0.15) is 0 Å². The van der Waals surface area contributed by atoms with Crippen LogP contribution in [0.2, 0.25) is 0 Å². The first kappa shape index (κ1) is 9.24. The normalized spacial score (nSPS) is 66.0. The lowest BCUT2D eigenvalue weighted by atomic mass is 9.51. The zero-order valence-electron chi connectivity index (χ0n) is 10.2. The molecule has 3 saturated carbocycles. The molecule has 80 valence electrons. The summed E-state index contributed by atoms with van der Waals surface area (Å²) >= 11 is 0. The van der Waals surface area contributed by atoms with Gasteiger partial charge in [0.15, 0.2) is 0 Å². The number of fused-ring (bicyclic) bond motifs is 5. The molecular formula is C14H24. The minimum absolute atomic E-state index is 0.660. The van der Waals surface area contributed by atoms with E-state index in [1.54, 1.807) is 0 Å². The molecule has 4 unspecified atom stereocenters. The van der Waals surface area contributed by atoms with Crippen LogP contribution in [-0.2, 0) is 0 Å². The van der Waals surface area contributed by atoms with Crippen LogP contribution in [0.1, 0.15) is 66.2 Å². The predicted octanol–water partition coefficient (Wildman–Crippen LogP) is 4.39. The van der Waals surface area contributed by atoms with Crippen molar-refractivity contribution in [1.29, 1.82) is 0 Å². The highest BCUT2D eigenvalue weighted by Crippen LogP contribution is 2.82. The largest absolute Gasteiger partial charge is 0.0591 e. The van der Waals surface area contributed by atoms with E-state index in [0.29, 0.717) is 21.7 Å². The number of rotatable bonds is 0. The Balaban J connectivity index is 2.20. The average molecular weight is 192 g/mol. The summed E-state index contributed by atoms with van der Waals surface area (Å²) in [5, 5.41) is 0. The summed E-state index contributed by atoms with van der Waals surface area (Å²) in [5.41, 5.74) is 2.67. The first-order chi connectivity index (χ1) is 6.37. The van der Waals surface area contributed by atoms with Gasteiger partial charge >= 0.3 is 0 Å². The van der Waals surface area contributed by atoms with E-state index in [1.807, 2.05) is 0 Å². The van der Waals surface area contributed by atoms with Gasteiger partial charge in [0.05, 0.1) is 0 Å². The van der Waals surface area contributed by atoms with E-state index >= 15 is 0 Å². The summed E-state index contributed by atoms with van der Waals surface area (Å²) in [4.78, 5) is 0. The zero-order valence-corrected chi connectivity index (χ0v) is 10.2. The summed E-state index contributed by atoms with van der Waals surface area (Å²) in [7, 11) is 0. The van der Waals surface area contributed by atoms with E-state index in [0.717, 1.165) is 0 Å². The van der Waals surface area contributed by atoms with Gasteiger partial charge in [-0.25, -0.2) is 0 Å². The third-order valence-corrected chi connectivity index (χ3v) is 7.24. The molecular weight excluding hydrogens is 168 g/mol. The van der Waals surface area contributed by atoms with Gasteiger partial charge in [0, 0.05) is 0 Å². The van der Waals surface area contributed by atoms with E-state index in [-0.39, 0.29) is 0 Å². The van der Waals surface area contributed by atoms with Crippen molar-refractivity contribution in [3.8, 4) is 0 Å². The zero-order chi connectivity index (χ0) is 10.2. The molecule has 3 aliphatic carbocycles. The van der Waals surface area contributed by atoms with Crippen molar-refractivity contribution in [2.45, 2.75) is 66.2 Å². The van der Waals surface area contributed by atoms with Gasteiger partial charge in [-0.2, -0.15) is 0 Å². The van der Waals surface area contributed by atoms with Crippen LogP contribution in [0, 0.1) is 21.7 Å². The molecule has 0 saturated heterocycles. The molecule has 0 nitrogen and oxygen atoms in total. The van der Waals surface area contributed by atoms with Gasteiger partial charge in [-0.15, -0.1) is 0 Å². The van der Waals surface area contributed by atoms with E-state index < -0.39 is 0 Å². The Labute approximate surface area is 88.5 Å². The SMILES string of the molecule is CC12CCC(C)(C1)C1(C)CCCC21C. The molecule has 3 fully saturated rings. The maximum absolute atomic E-state index is 2.60. The van der Waals surface area contributed by atoms with Crippen molar-refractivity contribution in [2.24, 2.45) is 21.7 Å². The van der Waals surface area contributed by atoms with E-state index in [9.17, 15) is 0 Å². The maximum Gasteiger partial charge on any atom is -0.0213 e. The molecule has 0 aromatic carbocycles.